The van der Waals surface area contributed by atoms with Crippen LogP contribution in [0.25, 0.3) is 0 Å². The molecule has 0 aliphatic carbocycles. The van der Waals surface area contributed by atoms with Gasteiger partial charge in [-0.3, -0.25) is 0 Å². The minimum Gasteiger partial charge on any atom is -0.368 e. The summed E-state index contributed by atoms with van der Waals surface area (Å²) in [6.07, 6.45) is 4.53. The molecule has 1 N–H and O–H groups in total. The number of aromatic nitrogens is 2. The van der Waals surface area contributed by atoms with E-state index in [9.17, 15) is 4.79 Å². The number of aldehydes is 1. The Bertz CT molecular complexity index is 943. The number of nitrogens with zero attached hydrogens (tertiary/aromatic N) is 3. The number of hydrogen-bond donors (Lipinski definition) is 1. The standard InChI is InChI=1S/C19H17ClN4OS/c1-24(10-13-4-6-14(20)7-5-13)18-22-9-16(26-18)19(12-25)11-23-17-15(19)3-2-8-21-17/h2-9,12H,10-11H2,1H3,(H,21,23). The molecule has 26 heavy (non-hydrogen) atoms. The Morgan fingerprint density at radius 1 is 1.31 bits per heavy atom. The van der Waals surface area contributed by atoms with E-state index < -0.39 is 5.41 Å². The highest BCUT2D eigenvalue weighted by Gasteiger charge is 2.43. The normalized spacial score (nSPS) is 18.2. The van der Waals surface area contributed by atoms with Gasteiger partial charge in [-0.2, -0.15) is 0 Å². The summed E-state index contributed by atoms with van der Waals surface area (Å²) in [4.78, 5) is 23.9. The average molecular weight is 385 g/mol. The maximum atomic E-state index is 12.1. The van der Waals surface area contributed by atoms with Crippen molar-refractivity contribution in [3.63, 3.8) is 0 Å². The van der Waals surface area contributed by atoms with Gasteiger partial charge in [-0.05, 0) is 23.8 Å². The number of benzene rings is 1. The zero-order chi connectivity index (χ0) is 18.1. The molecular weight excluding hydrogens is 368 g/mol. The van der Waals surface area contributed by atoms with Crippen LogP contribution in [0.3, 0.4) is 0 Å². The van der Waals surface area contributed by atoms with Crippen molar-refractivity contribution in [1.82, 2.24) is 9.97 Å². The maximum Gasteiger partial charge on any atom is 0.185 e. The zero-order valence-corrected chi connectivity index (χ0v) is 15.7. The molecule has 0 saturated heterocycles. The Kier molecular flexibility index (Phi) is 4.38. The molecule has 1 unspecified atom stereocenters. The summed E-state index contributed by atoms with van der Waals surface area (Å²) >= 11 is 7.48. The van der Waals surface area contributed by atoms with Gasteiger partial charge in [0.25, 0.3) is 0 Å². The molecule has 5 nitrogen and oxygen atoms in total. The molecule has 0 amide bonds. The van der Waals surface area contributed by atoms with Gasteiger partial charge in [-0.15, -0.1) is 11.3 Å². The van der Waals surface area contributed by atoms with Crippen LogP contribution < -0.4 is 10.2 Å². The minimum atomic E-state index is -0.722. The third-order valence-corrected chi connectivity index (χ3v) is 6.16. The van der Waals surface area contributed by atoms with Crippen molar-refractivity contribution in [2.24, 2.45) is 0 Å². The van der Waals surface area contributed by atoms with Crippen molar-refractivity contribution in [3.05, 3.63) is 69.8 Å². The summed E-state index contributed by atoms with van der Waals surface area (Å²) < 4.78 is 0. The number of pyridine rings is 1. The Labute approximate surface area is 160 Å². The number of thiazole rings is 1. The first-order valence-corrected chi connectivity index (χ1v) is 9.39. The zero-order valence-electron chi connectivity index (χ0n) is 14.1. The van der Waals surface area contributed by atoms with E-state index in [0.29, 0.717) is 13.1 Å². The van der Waals surface area contributed by atoms with E-state index in [1.165, 1.54) is 11.3 Å². The molecule has 1 aromatic carbocycles. The smallest absolute Gasteiger partial charge is 0.185 e. The fraction of sp³-hybridized carbons (Fsp3) is 0.211. The van der Waals surface area contributed by atoms with E-state index in [2.05, 4.69) is 20.2 Å². The minimum absolute atomic E-state index is 0.505. The predicted octanol–water partition coefficient (Wildman–Crippen LogP) is 3.74. The van der Waals surface area contributed by atoms with Crippen LogP contribution in [0.4, 0.5) is 10.9 Å². The Balaban J connectivity index is 1.61. The number of halogens is 1. The lowest BCUT2D eigenvalue weighted by Crippen LogP contribution is -2.30. The van der Waals surface area contributed by atoms with Crippen molar-refractivity contribution < 1.29 is 4.79 Å². The van der Waals surface area contributed by atoms with Gasteiger partial charge in [-0.25, -0.2) is 9.97 Å². The third-order valence-electron chi connectivity index (χ3n) is 4.62. The van der Waals surface area contributed by atoms with Crippen LogP contribution in [0.15, 0.2) is 48.8 Å². The Hall–Kier alpha value is -2.44. The van der Waals surface area contributed by atoms with Crippen molar-refractivity contribution >= 4 is 40.2 Å². The van der Waals surface area contributed by atoms with Gasteiger partial charge in [0.15, 0.2) is 5.13 Å². The molecule has 0 radical (unpaired) electrons. The highest BCUT2D eigenvalue weighted by molar-refractivity contribution is 7.15. The van der Waals surface area contributed by atoms with E-state index in [1.807, 2.05) is 43.4 Å². The van der Waals surface area contributed by atoms with Crippen LogP contribution >= 0.6 is 22.9 Å². The quantitative estimate of drug-likeness (QED) is 0.679. The van der Waals surface area contributed by atoms with Crippen molar-refractivity contribution in [2.45, 2.75) is 12.0 Å². The molecule has 3 heterocycles. The molecule has 0 saturated carbocycles. The van der Waals surface area contributed by atoms with Gasteiger partial charge < -0.3 is 15.0 Å². The van der Waals surface area contributed by atoms with Crippen LogP contribution in [0.1, 0.15) is 16.0 Å². The van der Waals surface area contributed by atoms with E-state index in [0.717, 1.165) is 38.3 Å². The average Bonchev–Trinajstić information content (AvgIpc) is 3.29. The first-order valence-electron chi connectivity index (χ1n) is 8.20. The lowest BCUT2D eigenvalue weighted by atomic mass is 9.83. The van der Waals surface area contributed by atoms with E-state index in [4.69, 9.17) is 11.6 Å². The number of carbonyl (C=O) groups excluding carboxylic acids is 1. The summed E-state index contributed by atoms with van der Waals surface area (Å²) in [5.74, 6) is 0.768. The molecule has 2 aromatic heterocycles. The van der Waals surface area contributed by atoms with E-state index in [1.54, 1.807) is 12.4 Å². The first-order chi connectivity index (χ1) is 12.6. The monoisotopic (exact) mass is 384 g/mol. The summed E-state index contributed by atoms with van der Waals surface area (Å²) in [5.41, 5.74) is 1.34. The molecule has 0 bridgehead atoms. The topological polar surface area (TPSA) is 58.1 Å². The number of hydrogen-bond acceptors (Lipinski definition) is 6. The molecule has 1 aliphatic heterocycles. The fourth-order valence-corrected chi connectivity index (χ4v) is 4.35. The summed E-state index contributed by atoms with van der Waals surface area (Å²) in [5, 5.41) is 4.83. The first kappa shape index (κ1) is 17.0. The Morgan fingerprint density at radius 3 is 2.88 bits per heavy atom. The van der Waals surface area contributed by atoms with Gasteiger partial charge in [-0.1, -0.05) is 29.8 Å². The molecule has 7 heteroatoms. The highest BCUT2D eigenvalue weighted by atomic mass is 35.5. The lowest BCUT2D eigenvalue weighted by molar-refractivity contribution is -0.110. The van der Waals surface area contributed by atoms with Gasteiger partial charge in [0.2, 0.25) is 0 Å². The van der Waals surface area contributed by atoms with Crippen LogP contribution in [0, 0.1) is 0 Å². The SMILES string of the molecule is CN(Cc1ccc(Cl)cc1)c1ncc(C2(C=O)CNc3ncccc32)s1. The second-order valence-electron chi connectivity index (χ2n) is 6.33. The van der Waals surface area contributed by atoms with Crippen LogP contribution in [-0.4, -0.2) is 29.8 Å². The van der Waals surface area contributed by atoms with Crippen LogP contribution in [0.2, 0.25) is 5.02 Å². The van der Waals surface area contributed by atoms with Gasteiger partial charge >= 0.3 is 0 Å². The number of rotatable bonds is 5. The summed E-state index contributed by atoms with van der Waals surface area (Å²) in [6, 6.07) is 11.6. The Morgan fingerprint density at radius 2 is 2.12 bits per heavy atom. The fourth-order valence-electron chi connectivity index (χ4n) is 3.19. The van der Waals surface area contributed by atoms with Gasteiger partial charge in [0.05, 0.1) is 0 Å². The summed E-state index contributed by atoms with van der Waals surface area (Å²) in [7, 11) is 1.99. The lowest BCUT2D eigenvalue weighted by Gasteiger charge is -2.20. The second-order valence-corrected chi connectivity index (χ2v) is 7.78. The van der Waals surface area contributed by atoms with Crippen molar-refractivity contribution in [2.75, 3.05) is 23.8 Å². The number of fused-ring (bicyclic) bond motifs is 1. The van der Waals surface area contributed by atoms with Crippen LogP contribution in [0.5, 0.6) is 0 Å². The van der Waals surface area contributed by atoms with E-state index in [-0.39, 0.29) is 0 Å². The number of nitrogens with one attached hydrogen (secondary N) is 1. The number of anilines is 2. The third kappa shape index (κ3) is 2.85. The molecule has 0 fully saturated rings. The van der Waals surface area contributed by atoms with Crippen molar-refractivity contribution in [3.8, 4) is 0 Å². The molecule has 3 aromatic rings. The van der Waals surface area contributed by atoms with E-state index >= 15 is 0 Å². The van der Waals surface area contributed by atoms with Crippen molar-refractivity contribution in [1.29, 1.82) is 0 Å². The molecule has 0 spiro atoms. The largest absolute Gasteiger partial charge is 0.368 e. The molecular formula is C19H17ClN4OS. The van der Waals surface area contributed by atoms with Gasteiger partial charge in [0, 0.05) is 48.0 Å². The molecule has 1 aliphatic rings. The summed E-state index contributed by atoms with van der Waals surface area (Å²) in [6.45, 7) is 1.22. The second kappa shape index (κ2) is 6.70. The van der Waals surface area contributed by atoms with Crippen LogP contribution in [-0.2, 0) is 16.8 Å². The number of carbonyl (C=O) groups is 1. The predicted molar refractivity (Wildman–Crippen MR) is 105 cm³/mol. The highest BCUT2D eigenvalue weighted by Crippen LogP contribution is 2.42. The molecule has 132 valence electrons. The maximum absolute atomic E-state index is 12.1. The van der Waals surface area contributed by atoms with Gasteiger partial charge in [0.1, 0.15) is 17.5 Å². The molecule has 4 rings (SSSR count). The molecule has 1 atom stereocenters.